The summed E-state index contributed by atoms with van der Waals surface area (Å²) in [4.78, 5) is 14.1. The highest BCUT2D eigenvalue weighted by Crippen LogP contribution is 2.45. The summed E-state index contributed by atoms with van der Waals surface area (Å²) < 4.78 is 11.4. The number of carbonyl (C=O) groups excluding carboxylic acids is 1. The molecule has 110 valence electrons. The van der Waals surface area contributed by atoms with Crippen LogP contribution in [-0.4, -0.2) is 29.8 Å². The van der Waals surface area contributed by atoms with Crippen molar-refractivity contribution in [2.75, 3.05) is 18.1 Å². The Labute approximate surface area is 119 Å². The number of aliphatic hydroxyl groups is 1. The molecule has 1 aromatic rings. The van der Waals surface area contributed by atoms with Gasteiger partial charge in [0.15, 0.2) is 17.1 Å². The van der Waals surface area contributed by atoms with E-state index < -0.39 is 5.60 Å². The molecule has 0 bridgehead atoms. The number of hydrogen-bond acceptors (Lipinski definition) is 4. The molecule has 0 saturated heterocycles. The average molecular weight is 279 g/mol. The number of fused-ring (bicyclic) bond motifs is 1. The van der Waals surface area contributed by atoms with Crippen molar-refractivity contribution in [3.63, 3.8) is 0 Å². The van der Waals surface area contributed by atoms with Gasteiger partial charge >= 0.3 is 0 Å². The number of likely N-dealkylation sites (N-methyl/N-ethyl adjacent to an activating group) is 1. The maximum absolute atomic E-state index is 12.4. The molecule has 0 saturated carbocycles. The van der Waals surface area contributed by atoms with Crippen LogP contribution in [0.4, 0.5) is 5.69 Å². The number of nitrogens with zero attached hydrogens (tertiary/aromatic N) is 1. The van der Waals surface area contributed by atoms with E-state index in [0.717, 1.165) is 0 Å². The van der Waals surface area contributed by atoms with Crippen LogP contribution in [0.2, 0.25) is 0 Å². The van der Waals surface area contributed by atoms with Gasteiger partial charge in [0.05, 0.1) is 18.9 Å². The third-order valence-corrected chi connectivity index (χ3v) is 3.30. The van der Waals surface area contributed by atoms with Crippen LogP contribution < -0.4 is 14.4 Å². The Kier molecular flexibility index (Phi) is 3.90. The zero-order valence-electron chi connectivity index (χ0n) is 12.4. The number of anilines is 1. The largest absolute Gasteiger partial charge is 0.490 e. The Hall–Kier alpha value is -1.75. The summed E-state index contributed by atoms with van der Waals surface area (Å²) in [6, 6.07) is 3.52. The van der Waals surface area contributed by atoms with E-state index in [1.165, 1.54) is 0 Å². The van der Waals surface area contributed by atoms with Crippen LogP contribution in [0.25, 0.3) is 0 Å². The molecule has 1 aliphatic rings. The number of hydrogen-bond donors (Lipinski definition) is 1. The molecule has 0 radical (unpaired) electrons. The molecule has 0 spiro atoms. The second-order valence-electron chi connectivity index (χ2n) is 5.20. The smallest absolute Gasteiger partial charge is 0.270 e. The molecule has 20 heavy (non-hydrogen) atoms. The van der Waals surface area contributed by atoms with Gasteiger partial charge in [0.25, 0.3) is 5.91 Å². The number of carbonyl (C=O) groups is 1. The number of rotatable bonds is 4. The SMILES string of the molecule is CCOc1cc(CO)cc2c1OC(C)(C)C(=O)N2CC. The lowest BCUT2D eigenvalue weighted by Crippen LogP contribution is -2.52. The first kappa shape index (κ1) is 14.7. The molecule has 1 N–H and O–H groups in total. The minimum atomic E-state index is -0.921. The van der Waals surface area contributed by atoms with Gasteiger partial charge in [0, 0.05) is 6.54 Å². The van der Waals surface area contributed by atoms with Crippen LogP contribution in [0.1, 0.15) is 33.3 Å². The molecule has 0 aliphatic carbocycles. The Morgan fingerprint density at radius 2 is 2.05 bits per heavy atom. The fourth-order valence-electron chi connectivity index (χ4n) is 2.35. The maximum atomic E-state index is 12.4. The van der Waals surface area contributed by atoms with Crippen molar-refractivity contribution < 1.29 is 19.4 Å². The zero-order valence-corrected chi connectivity index (χ0v) is 12.4. The summed E-state index contributed by atoms with van der Waals surface area (Å²) in [5, 5.41) is 9.36. The fraction of sp³-hybridized carbons (Fsp3) is 0.533. The summed E-state index contributed by atoms with van der Waals surface area (Å²) >= 11 is 0. The number of benzene rings is 1. The van der Waals surface area contributed by atoms with Gasteiger partial charge < -0.3 is 19.5 Å². The van der Waals surface area contributed by atoms with Crippen molar-refractivity contribution in [1.29, 1.82) is 0 Å². The zero-order chi connectivity index (χ0) is 14.9. The first-order valence-corrected chi connectivity index (χ1v) is 6.86. The first-order valence-electron chi connectivity index (χ1n) is 6.86. The van der Waals surface area contributed by atoms with Gasteiger partial charge in [-0.1, -0.05) is 0 Å². The van der Waals surface area contributed by atoms with E-state index >= 15 is 0 Å². The molecule has 0 atom stereocenters. The quantitative estimate of drug-likeness (QED) is 0.917. The van der Waals surface area contributed by atoms with Gasteiger partial charge in [0.1, 0.15) is 0 Å². The highest BCUT2D eigenvalue weighted by Gasteiger charge is 2.41. The van der Waals surface area contributed by atoms with Crippen molar-refractivity contribution in [2.24, 2.45) is 0 Å². The molecule has 2 rings (SSSR count). The van der Waals surface area contributed by atoms with Crippen molar-refractivity contribution in [2.45, 2.75) is 39.9 Å². The van der Waals surface area contributed by atoms with E-state index in [4.69, 9.17) is 9.47 Å². The first-order chi connectivity index (χ1) is 9.44. The summed E-state index contributed by atoms with van der Waals surface area (Å²) in [6.07, 6.45) is 0. The molecule has 5 nitrogen and oxygen atoms in total. The molecule has 0 aromatic heterocycles. The molecule has 1 aromatic carbocycles. The summed E-state index contributed by atoms with van der Waals surface area (Å²) in [7, 11) is 0. The van der Waals surface area contributed by atoms with Crippen molar-refractivity contribution >= 4 is 11.6 Å². The van der Waals surface area contributed by atoms with Crippen LogP contribution >= 0.6 is 0 Å². The minimum Gasteiger partial charge on any atom is -0.490 e. The van der Waals surface area contributed by atoms with Gasteiger partial charge in [-0.2, -0.15) is 0 Å². The van der Waals surface area contributed by atoms with Crippen LogP contribution in [0.3, 0.4) is 0 Å². The van der Waals surface area contributed by atoms with E-state index in [9.17, 15) is 9.90 Å². The van der Waals surface area contributed by atoms with Crippen molar-refractivity contribution in [3.05, 3.63) is 17.7 Å². The van der Waals surface area contributed by atoms with E-state index in [1.54, 1.807) is 30.9 Å². The van der Waals surface area contributed by atoms with E-state index in [1.807, 2.05) is 13.8 Å². The molecule has 1 heterocycles. The Bertz CT molecular complexity index is 525. The summed E-state index contributed by atoms with van der Waals surface area (Å²) in [5.74, 6) is 1.04. The summed E-state index contributed by atoms with van der Waals surface area (Å²) in [6.45, 7) is 8.21. The predicted octanol–water partition coefficient (Wildman–Crippen LogP) is 2.10. The van der Waals surface area contributed by atoms with E-state index in [-0.39, 0.29) is 12.5 Å². The molecular formula is C15H21NO4. The van der Waals surface area contributed by atoms with E-state index in [0.29, 0.717) is 35.9 Å². The molecular weight excluding hydrogens is 258 g/mol. The average Bonchev–Trinajstić information content (AvgIpc) is 2.41. The minimum absolute atomic E-state index is 0.0926. The Balaban J connectivity index is 2.62. The molecule has 0 fully saturated rings. The highest BCUT2D eigenvalue weighted by molar-refractivity contribution is 6.03. The van der Waals surface area contributed by atoms with Gasteiger partial charge in [-0.15, -0.1) is 0 Å². The van der Waals surface area contributed by atoms with Crippen molar-refractivity contribution in [1.82, 2.24) is 0 Å². The van der Waals surface area contributed by atoms with Gasteiger partial charge in [-0.05, 0) is 45.4 Å². The Morgan fingerprint density at radius 3 is 2.60 bits per heavy atom. The van der Waals surface area contributed by atoms with Gasteiger partial charge in [-0.25, -0.2) is 0 Å². The van der Waals surface area contributed by atoms with Crippen LogP contribution in [0.5, 0.6) is 11.5 Å². The molecule has 5 heteroatoms. The number of ether oxygens (including phenoxy) is 2. The second kappa shape index (κ2) is 5.32. The lowest BCUT2D eigenvalue weighted by Gasteiger charge is -2.39. The number of aliphatic hydroxyl groups excluding tert-OH is 1. The van der Waals surface area contributed by atoms with Gasteiger partial charge in [-0.3, -0.25) is 4.79 Å². The molecule has 0 unspecified atom stereocenters. The monoisotopic (exact) mass is 279 g/mol. The van der Waals surface area contributed by atoms with Crippen molar-refractivity contribution in [3.8, 4) is 11.5 Å². The lowest BCUT2D eigenvalue weighted by molar-refractivity contribution is -0.132. The summed E-state index contributed by atoms with van der Waals surface area (Å²) in [5.41, 5.74) is 0.434. The third-order valence-electron chi connectivity index (χ3n) is 3.30. The molecule has 1 aliphatic heterocycles. The second-order valence-corrected chi connectivity index (χ2v) is 5.20. The maximum Gasteiger partial charge on any atom is 0.270 e. The molecule has 1 amide bonds. The standard InChI is InChI=1S/C15H21NO4/c1-5-16-11-7-10(9-17)8-12(19-6-2)13(11)20-15(3,4)14(16)18/h7-8,17H,5-6,9H2,1-4H3. The number of amides is 1. The van der Waals surface area contributed by atoms with Crippen LogP contribution in [-0.2, 0) is 11.4 Å². The van der Waals surface area contributed by atoms with E-state index in [2.05, 4.69) is 0 Å². The highest BCUT2D eigenvalue weighted by atomic mass is 16.5. The van der Waals surface area contributed by atoms with Crippen LogP contribution in [0.15, 0.2) is 12.1 Å². The predicted molar refractivity (Wildman–Crippen MR) is 76.3 cm³/mol. The third kappa shape index (κ3) is 2.33. The topological polar surface area (TPSA) is 59.0 Å². The van der Waals surface area contributed by atoms with Crippen LogP contribution in [0, 0.1) is 0 Å². The van der Waals surface area contributed by atoms with Gasteiger partial charge in [0.2, 0.25) is 0 Å². The fourth-order valence-corrected chi connectivity index (χ4v) is 2.35. The normalized spacial score (nSPS) is 16.6. The Morgan fingerprint density at radius 1 is 1.35 bits per heavy atom. The lowest BCUT2D eigenvalue weighted by atomic mass is 10.0.